The van der Waals surface area contributed by atoms with Crippen LogP contribution in [-0.2, 0) is 16.1 Å². The fourth-order valence-corrected chi connectivity index (χ4v) is 3.49. The molecule has 1 unspecified atom stereocenters. The molecule has 0 aromatic heterocycles. The molecule has 0 aliphatic carbocycles. The van der Waals surface area contributed by atoms with Crippen molar-refractivity contribution in [3.8, 4) is 11.5 Å². The Kier molecular flexibility index (Phi) is 9.95. The second-order valence-electron chi connectivity index (χ2n) is 6.94. The van der Waals surface area contributed by atoms with Gasteiger partial charge in [0.2, 0.25) is 5.91 Å². The number of hydrogen-bond acceptors (Lipinski definition) is 4. The molecule has 8 heteroatoms. The first-order valence-electron chi connectivity index (χ1n) is 10.2. The van der Waals surface area contributed by atoms with Gasteiger partial charge in [0, 0.05) is 23.1 Å². The van der Waals surface area contributed by atoms with Gasteiger partial charge in [-0.3, -0.25) is 9.59 Å². The van der Waals surface area contributed by atoms with E-state index < -0.39 is 6.04 Å². The van der Waals surface area contributed by atoms with E-state index in [1.165, 1.54) is 4.90 Å². The van der Waals surface area contributed by atoms with Crippen LogP contribution < -0.4 is 14.8 Å². The van der Waals surface area contributed by atoms with Crippen LogP contribution in [0.3, 0.4) is 0 Å². The van der Waals surface area contributed by atoms with Gasteiger partial charge in [-0.2, -0.15) is 0 Å². The quantitative estimate of drug-likeness (QED) is 0.520. The average Bonchev–Trinajstić information content (AvgIpc) is 2.77. The van der Waals surface area contributed by atoms with E-state index in [0.29, 0.717) is 40.1 Å². The number of nitrogens with zero attached hydrogens (tertiary/aromatic N) is 1. The minimum absolute atomic E-state index is 0.166. The number of methoxy groups -OCH3 is 1. The van der Waals surface area contributed by atoms with Crippen molar-refractivity contribution in [1.29, 1.82) is 0 Å². The maximum atomic E-state index is 13.1. The van der Waals surface area contributed by atoms with Gasteiger partial charge in [-0.25, -0.2) is 0 Å². The lowest BCUT2D eigenvalue weighted by Crippen LogP contribution is -2.50. The Labute approximate surface area is 193 Å². The van der Waals surface area contributed by atoms with Crippen LogP contribution in [0.5, 0.6) is 11.5 Å². The monoisotopic (exact) mass is 466 g/mol. The molecule has 1 atom stereocenters. The number of carbonyl (C=O) groups excluding carboxylic acids is 2. The maximum absolute atomic E-state index is 13.1. The SMILES string of the molecule is CCCNC(=O)C(CC)N(Cc1ccc(Cl)cc1Cl)C(=O)COc1ccc(OC)cc1. The predicted molar refractivity (Wildman–Crippen MR) is 123 cm³/mol. The first-order chi connectivity index (χ1) is 14.9. The summed E-state index contributed by atoms with van der Waals surface area (Å²) in [5, 5.41) is 3.81. The minimum atomic E-state index is -0.648. The van der Waals surface area contributed by atoms with Crippen LogP contribution in [0.25, 0.3) is 0 Å². The van der Waals surface area contributed by atoms with Crippen molar-refractivity contribution in [3.05, 3.63) is 58.1 Å². The zero-order valence-electron chi connectivity index (χ0n) is 18.0. The molecule has 0 fully saturated rings. The number of hydrogen-bond donors (Lipinski definition) is 1. The highest BCUT2D eigenvalue weighted by molar-refractivity contribution is 6.35. The van der Waals surface area contributed by atoms with Crippen molar-refractivity contribution >= 4 is 35.0 Å². The number of benzene rings is 2. The summed E-state index contributed by atoms with van der Waals surface area (Å²) in [4.78, 5) is 27.4. The summed E-state index contributed by atoms with van der Waals surface area (Å²) in [5.74, 6) is 0.700. The van der Waals surface area contributed by atoms with Crippen molar-refractivity contribution in [2.75, 3.05) is 20.3 Å². The first-order valence-corrected chi connectivity index (χ1v) is 10.9. The zero-order valence-corrected chi connectivity index (χ0v) is 19.5. The molecule has 2 rings (SSSR count). The Morgan fingerprint density at radius 3 is 2.32 bits per heavy atom. The number of carbonyl (C=O) groups is 2. The molecule has 0 heterocycles. The Morgan fingerprint density at radius 1 is 1.06 bits per heavy atom. The number of rotatable bonds is 11. The zero-order chi connectivity index (χ0) is 22.8. The topological polar surface area (TPSA) is 67.9 Å². The molecule has 1 N–H and O–H groups in total. The molecular weight excluding hydrogens is 439 g/mol. The van der Waals surface area contributed by atoms with Crippen LogP contribution in [0.2, 0.25) is 10.0 Å². The third-order valence-electron chi connectivity index (χ3n) is 4.71. The third kappa shape index (κ3) is 7.33. The van der Waals surface area contributed by atoms with E-state index in [-0.39, 0.29) is 25.0 Å². The van der Waals surface area contributed by atoms with Gasteiger partial charge in [-0.1, -0.05) is 43.1 Å². The van der Waals surface area contributed by atoms with E-state index in [4.69, 9.17) is 32.7 Å². The summed E-state index contributed by atoms with van der Waals surface area (Å²) in [6.07, 6.45) is 1.26. The molecule has 6 nitrogen and oxygen atoms in total. The highest BCUT2D eigenvalue weighted by atomic mass is 35.5. The van der Waals surface area contributed by atoms with Crippen LogP contribution in [0.4, 0.5) is 0 Å². The van der Waals surface area contributed by atoms with Crippen LogP contribution in [0, 0.1) is 0 Å². The van der Waals surface area contributed by atoms with Gasteiger partial charge in [-0.15, -0.1) is 0 Å². The number of nitrogens with one attached hydrogen (secondary N) is 1. The van der Waals surface area contributed by atoms with E-state index in [2.05, 4.69) is 5.32 Å². The summed E-state index contributed by atoms with van der Waals surface area (Å²) in [7, 11) is 1.58. The first kappa shape index (κ1) is 24.8. The van der Waals surface area contributed by atoms with Crippen LogP contribution >= 0.6 is 23.2 Å². The molecule has 0 bridgehead atoms. The van der Waals surface area contributed by atoms with Crippen LogP contribution in [-0.4, -0.2) is 43.0 Å². The lowest BCUT2D eigenvalue weighted by atomic mass is 10.1. The van der Waals surface area contributed by atoms with E-state index in [0.717, 1.165) is 6.42 Å². The van der Waals surface area contributed by atoms with Gasteiger partial charge in [0.1, 0.15) is 17.5 Å². The molecule has 2 amide bonds. The van der Waals surface area contributed by atoms with Gasteiger partial charge in [0.05, 0.1) is 7.11 Å². The maximum Gasteiger partial charge on any atom is 0.261 e. The highest BCUT2D eigenvalue weighted by Crippen LogP contribution is 2.24. The highest BCUT2D eigenvalue weighted by Gasteiger charge is 2.29. The largest absolute Gasteiger partial charge is 0.497 e. The average molecular weight is 467 g/mol. The Hall–Kier alpha value is -2.44. The summed E-state index contributed by atoms with van der Waals surface area (Å²) in [6, 6.07) is 11.4. The minimum Gasteiger partial charge on any atom is -0.497 e. The normalized spacial score (nSPS) is 11.5. The van der Waals surface area contributed by atoms with Crippen molar-refractivity contribution in [2.24, 2.45) is 0 Å². The predicted octanol–water partition coefficient (Wildman–Crippen LogP) is 4.71. The lowest BCUT2D eigenvalue weighted by Gasteiger charge is -2.31. The van der Waals surface area contributed by atoms with Gasteiger partial charge < -0.3 is 19.7 Å². The molecular formula is C23H28Cl2N2O4. The Morgan fingerprint density at radius 2 is 1.74 bits per heavy atom. The van der Waals surface area contributed by atoms with E-state index in [9.17, 15) is 9.59 Å². The number of halogens is 2. The molecule has 2 aromatic carbocycles. The number of amides is 2. The van der Waals surface area contributed by atoms with E-state index >= 15 is 0 Å². The molecule has 31 heavy (non-hydrogen) atoms. The fraction of sp³-hybridized carbons (Fsp3) is 0.391. The third-order valence-corrected chi connectivity index (χ3v) is 5.30. The summed E-state index contributed by atoms with van der Waals surface area (Å²) < 4.78 is 10.8. The molecule has 168 valence electrons. The van der Waals surface area contributed by atoms with E-state index in [1.807, 2.05) is 13.8 Å². The fourth-order valence-electron chi connectivity index (χ4n) is 3.02. The Bertz CT molecular complexity index is 874. The molecule has 0 aliphatic rings. The molecule has 0 radical (unpaired) electrons. The second-order valence-corrected chi connectivity index (χ2v) is 7.78. The molecule has 0 saturated heterocycles. The molecule has 0 spiro atoms. The van der Waals surface area contributed by atoms with Gasteiger partial charge in [-0.05, 0) is 54.8 Å². The second kappa shape index (κ2) is 12.4. The lowest BCUT2D eigenvalue weighted by molar-refractivity contribution is -0.143. The molecule has 0 aliphatic heterocycles. The van der Waals surface area contributed by atoms with Crippen molar-refractivity contribution in [2.45, 2.75) is 39.3 Å². The van der Waals surface area contributed by atoms with Gasteiger partial charge in [0.15, 0.2) is 6.61 Å². The van der Waals surface area contributed by atoms with Crippen LogP contribution in [0.15, 0.2) is 42.5 Å². The number of ether oxygens (including phenoxy) is 2. The molecule has 2 aromatic rings. The van der Waals surface area contributed by atoms with Crippen molar-refractivity contribution < 1.29 is 19.1 Å². The van der Waals surface area contributed by atoms with Crippen LogP contribution in [0.1, 0.15) is 32.3 Å². The molecule has 0 saturated carbocycles. The summed E-state index contributed by atoms with van der Waals surface area (Å²) >= 11 is 12.3. The Balaban J connectivity index is 2.21. The van der Waals surface area contributed by atoms with Gasteiger partial charge in [0.25, 0.3) is 5.91 Å². The summed E-state index contributed by atoms with van der Waals surface area (Å²) in [5.41, 5.74) is 0.700. The summed E-state index contributed by atoms with van der Waals surface area (Å²) in [6.45, 7) is 4.33. The van der Waals surface area contributed by atoms with Gasteiger partial charge >= 0.3 is 0 Å². The van der Waals surface area contributed by atoms with Crippen molar-refractivity contribution in [1.82, 2.24) is 10.2 Å². The van der Waals surface area contributed by atoms with Crippen molar-refractivity contribution in [3.63, 3.8) is 0 Å². The smallest absolute Gasteiger partial charge is 0.261 e. The standard InChI is InChI=1S/C23H28Cl2N2O4/c1-4-12-26-23(29)21(5-2)27(14-16-6-7-17(24)13-20(16)25)22(28)15-31-19-10-8-18(30-3)9-11-19/h6-11,13,21H,4-5,12,14-15H2,1-3H3,(H,26,29). The van der Waals surface area contributed by atoms with E-state index in [1.54, 1.807) is 49.6 Å².